The molecule has 3 heteroatoms. The Balaban J connectivity index is 0.00000240. The van der Waals surface area contributed by atoms with Crippen molar-refractivity contribution in [1.29, 1.82) is 0 Å². The molecule has 0 saturated carbocycles. The van der Waals surface area contributed by atoms with Gasteiger partial charge in [-0.2, -0.15) is 0 Å². The molecule has 0 amide bonds. The average molecular weight is 408 g/mol. The van der Waals surface area contributed by atoms with Crippen molar-refractivity contribution >= 4 is 28.8 Å². The Kier molecular flexibility index (Phi) is 7.00. The molecule has 152 valence electrons. The number of halogens is 1. The highest BCUT2D eigenvalue weighted by Crippen LogP contribution is 2.41. The van der Waals surface area contributed by atoms with Gasteiger partial charge in [-0.15, -0.1) is 12.4 Å². The molecule has 3 aromatic rings. The van der Waals surface area contributed by atoms with Crippen molar-refractivity contribution in [3.05, 3.63) is 83.4 Å². The fraction of sp³-hybridized carbons (Fsp3) is 0.308. The van der Waals surface area contributed by atoms with Gasteiger partial charge in [0, 0.05) is 6.54 Å². The highest BCUT2D eigenvalue weighted by Gasteiger charge is 2.23. The van der Waals surface area contributed by atoms with Crippen LogP contribution in [0.1, 0.15) is 42.7 Å². The third-order valence-corrected chi connectivity index (χ3v) is 5.87. The molecule has 0 fully saturated rings. The van der Waals surface area contributed by atoms with Crippen molar-refractivity contribution in [1.82, 2.24) is 4.90 Å². The maximum absolute atomic E-state index is 10.1. The Morgan fingerprint density at radius 2 is 1.72 bits per heavy atom. The van der Waals surface area contributed by atoms with Gasteiger partial charge in [-0.1, -0.05) is 60.2 Å². The van der Waals surface area contributed by atoms with E-state index in [4.69, 9.17) is 0 Å². The van der Waals surface area contributed by atoms with Crippen LogP contribution in [0, 0.1) is 0 Å². The topological polar surface area (TPSA) is 23.5 Å². The number of phenols is 1. The first kappa shape index (κ1) is 21.4. The van der Waals surface area contributed by atoms with E-state index in [1.54, 1.807) is 6.07 Å². The number of allylic oxidation sites excluding steroid dienone is 1. The highest BCUT2D eigenvalue weighted by molar-refractivity contribution is 5.86. The van der Waals surface area contributed by atoms with E-state index in [0.29, 0.717) is 11.7 Å². The summed E-state index contributed by atoms with van der Waals surface area (Å²) in [5, 5.41) is 12.8. The SMILES string of the molecule is CN(C)CC1=C(c2cccc(O)c2)CC(c2cccc3ccccc23)CCC1.Cl. The van der Waals surface area contributed by atoms with Crippen LogP contribution in [0.5, 0.6) is 5.75 Å². The molecule has 1 aliphatic rings. The summed E-state index contributed by atoms with van der Waals surface area (Å²) >= 11 is 0. The van der Waals surface area contributed by atoms with Crippen molar-refractivity contribution in [2.75, 3.05) is 20.6 Å². The average Bonchev–Trinajstić information content (AvgIpc) is 2.89. The maximum atomic E-state index is 10.1. The molecular weight excluding hydrogens is 378 g/mol. The minimum Gasteiger partial charge on any atom is -0.508 e. The molecule has 0 spiro atoms. The van der Waals surface area contributed by atoms with E-state index in [2.05, 4.69) is 67.5 Å². The van der Waals surface area contributed by atoms with Gasteiger partial charge in [0.1, 0.15) is 5.75 Å². The zero-order valence-corrected chi connectivity index (χ0v) is 18.1. The van der Waals surface area contributed by atoms with Crippen LogP contribution in [-0.2, 0) is 0 Å². The third kappa shape index (κ3) is 4.83. The molecule has 0 heterocycles. The lowest BCUT2D eigenvalue weighted by Crippen LogP contribution is -2.16. The van der Waals surface area contributed by atoms with E-state index >= 15 is 0 Å². The molecule has 1 N–H and O–H groups in total. The summed E-state index contributed by atoms with van der Waals surface area (Å²) in [4.78, 5) is 2.26. The van der Waals surface area contributed by atoms with Gasteiger partial charge in [-0.05, 0) is 85.3 Å². The van der Waals surface area contributed by atoms with E-state index < -0.39 is 0 Å². The zero-order chi connectivity index (χ0) is 19.5. The van der Waals surface area contributed by atoms with Crippen LogP contribution in [0.2, 0.25) is 0 Å². The molecule has 1 atom stereocenters. The summed E-state index contributed by atoms with van der Waals surface area (Å²) < 4.78 is 0. The van der Waals surface area contributed by atoms with E-state index in [9.17, 15) is 5.11 Å². The molecule has 2 nitrogen and oxygen atoms in total. The zero-order valence-electron chi connectivity index (χ0n) is 17.3. The molecule has 1 unspecified atom stereocenters. The number of phenolic OH excluding ortho intramolecular Hbond substituents is 1. The molecule has 0 aromatic heterocycles. The number of fused-ring (bicyclic) bond motifs is 1. The Morgan fingerprint density at radius 3 is 2.52 bits per heavy atom. The fourth-order valence-electron chi connectivity index (χ4n) is 4.65. The Bertz CT molecular complexity index is 1000. The largest absolute Gasteiger partial charge is 0.508 e. The second-order valence-corrected chi connectivity index (χ2v) is 8.23. The smallest absolute Gasteiger partial charge is 0.116 e. The van der Waals surface area contributed by atoms with Crippen LogP contribution in [0.3, 0.4) is 0 Å². The first-order valence-electron chi connectivity index (χ1n) is 10.2. The van der Waals surface area contributed by atoms with Crippen molar-refractivity contribution in [2.24, 2.45) is 0 Å². The minimum atomic E-state index is 0. The number of nitrogens with zero attached hydrogens (tertiary/aromatic N) is 1. The van der Waals surface area contributed by atoms with Crippen molar-refractivity contribution in [2.45, 2.75) is 31.6 Å². The molecule has 4 rings (SSSR count). The number of likely N-dealkylation sites (N-methyl/N-ethyl adjacent to an activating group) is 1. The lowest BCUT2D eigenvalue weighted by Gasteiger charge is -2.21. The lowest BCUT2D eigenvalue weighted by atomic mass is 9.84. The van der Waals surface area contributed by atoms with Gasteiger partial charge in [0.25, 0.3) is 0 Å². The number of hydrogen-bond donors (Lipinski definition) is 1. The van der Waals surface area contributed by atoms with Crippen LogP contribution < -0.4 is 0 Å². The molecule has 1 aliphatic carbocycles. The number of aromatic hydroxyl groups is 1. The Labute approximate surface area is 180 Å². The highest BCUT2D eigenvalue weighted by atomic mass is 35.5. The molecule has 0 saturated heterocycles. The first-order valence-corrected chi connectivity index (χ1v) is 10.2. The predicted molar refractivity (Wildman–Crippen MR) is 126 cm³/mol. The van der Waals surface area contributed by atoms with Gasteiger partial charge in [0.05, 0.1) is 0 Å². The number of benzene rings is 3. The van der Waals surface area contributed by atoms with Gasteiger partial charge in [-0.3, -0.25) is 0 Å². The van der Waals surface area contributed by atoms with Crippen LogP contribution in [0.15, 0.2) is 72.3 Å². The van der Waals surface area contributed by atoms with Gasteiger partial charge < -0.3 is 10.0 Å². The van der Waals surface area contributed by atoms with Crippen molar-refractivity contribution in [3.63, 3.8) is 0 Å². The second kappa shape index (κ2) is 9.47. The first-order chi connectivity index (χ1) is 13.6. The minimum absolute atomic E-state index is 0. The maximum Gasteiger partial charge on any atom is 0.116 e. The molecule has 29 heavy (non-hydrogen) atoms. The monoisotopic (exact) mass is 407 g/mol. The molecule has 0 bridgehead atoms. The van der Waals surface area contributed by atoms with Crippen LogP contribution in [0.25, 0.3) is 16.3 Å². The standard InChI is InChI=1S/C26H29NO.ClH/c1-27(2)18-22-12-5-10-21(17-26(22)20-11-6-13-23(28)16-20)25-15-7-9-19-8-3-4-14-24(19)25;/h3-4,6-9,11,13-16,21,28H,5,10,12,17-18H2,1-2H3;1H. The molecular formula is C26H30ClNO. The van der Waals surface area contributed by atoms with Crippen molar-refractivity contribution in [3.8, 4) is 5.75 Å². The van der Waals surface area contributed by atoms with Gasteiger partial charge >= 0.3 is 0 Å². The quantitative estimate of drug-likeness (QED) is 0.523. The molecule has 3 aromatic carbocycles. The van der Waals surface area contributed by atoms with Crippen LogP contribution in [-0.4, -0.2) is 30.6 Å². The molecule has 0 aliphatic heterocycles. The number of rotatable bonds is 4. The summed E-state index contributed by atoms with van der Waals surface area (Å²) in [6.07, 6.45) is 4.57. The summed E-state index contributed by atoms with van der Waals surface area (Å²) in [5.41, 5.74) is 5.56. The normalized spacial score (nSPS) is 17.3. The Hall–Kier alpha value is -2.29. The van der Waals surface area contributed by atoms with Gasteiger partial charge in [-0.25, -0.2) is 0 Å². The number of hydrogen-bond acceptors (Lipinski definition) is 2. The van der Waals surface area contributed by atoms with Crippen molar-refractivity contribution < 1.29 is 5.11 Å². The fourth-order valence-corrected chi connectivity index (χ4v) is 4.65. The predicted octanol–water partition coefficient (Wildman–Crippen LogP) is 6.64. The van der Waals surface area contributed by atoms with Gasteiger partial charge in [0.15, 0.2) is 0 Å². The van der Waals surface area contributed by atoms with Gasteiger partial charge in [0.2, 0.25) is 0 Å². The lowest BCUT2D eigenvalue weighted by molar-refractivity contribution is 0.438. The Morgan fingerprint density at radius 1 is 0.966 bits per heavy atom. The summed E-state index contributed by atoms with van der Waals surface area (Å²) in [6, 6.07) is 23.2. The van der Waals surface area contributed by atoms with Crippen LogP contribution in [0.4, 0.5) is 0 Å². The van der Waals surface area contributed by atoms with E-state index in [1.807, 2.05) is 12.1 Å². The van der Waals surface area contributed by atoms with E-state index in [0.717, 1.165) is 19.4 Å². The molecule has 0 radical (unpaired) electrons. The van der Waals surface area contributed by atoms with E-state index in [-0.39, 0.29) is 12.4 Å². The second-order valence-electron chi connectivity index (χ2n) is 8.23. The summed E-state index contributed by atoms with van der Waals surface area (Å²) in [6.45, 7) is 0.979. The third-order valence-electron chi connectivity index (χ3n) is 5.87. The summed E-state index contributed by atoms with van der Waals surface area (Å²) in [7, 11) is 4.28. The van der Waals surface area contributed by atoms with Crippen LogP contribution >= 0.6 is 12.4 Å². The summed E-state index contributed by atoms with van der Waals surface area (Å²) in [5.74, 6) is 0.850. The van der Waals surface area contributed by atoms with E-state index in [1.165, 1.54) is 45.9 Å².